The van der Waals surface area contributed by atoms with Crippen LogP contribution in [0.1, 0.15) is 6.42 Å². The number of methoxy groups -OCH3 is 1. The van der Waals surface area contributed by atoms with E-state index >= 15 is 0 Å². The van der Waals surface area contributed by atoms with Crippen LogP contribution in [0.5, 0.6) is 5.75 Å². The molecule has 4 nitrogen and oxygen atoms in total. The second-order valence-corrected chi connectivity index (χ2v) is 3.97. The molecule has 0 radical (unpaired) electrons. The third-order valence-electron chi connectivity index (χ3n) is 2.98. The van der Waals surface area contributed by atoms with Crippen LogP contribution in [-0.4, -0.2) is 31.3 Å². The summed E-state index contributed by atoms with van der Waals surface area (Å²) < 4.78 is 5.08. The van der Waals surface area contributed by atoms with E-state index in [0.717, 1.165) is 24.4 Å². The average Bonchev–Trinajstić information content (AvgIpc) is 2.78. The third kappa shape index (κ3) is 2.10. The number of carboxylic acids is 1. The molecule has 1 N–H and O–H groups in total. The number of rotatable bonds is 3. The van der Waals surface area contributed by atoms with E-state index in [9.17, 15) is 4.79 Å². The van der Waals surface area contributed by atoms with Gasteiger partial charge in [-0.3, -0.25) is 4.79 Å². The number of hydrogen-bond acceptors (Lipinski definition) is 3. The first kappa shape index (κ1) is 10.8. The monoisotopic (exact) mass is 221 g/mol. The van der Waals surface area contributed by atoms with Gasteiger partial charge < -0.3 is 14.7 Å². The largest absolute Gasteiger partial charge is 0.497 e. The molecule has 2 rings (SSSR count). The third-order valence-corrected chi connectivity index (χ3v) is 2.98. The second-order valence-electron chi connectivity index (χ2n) is 3.97. The van der Waals surface area contributed by atoms with Gasteiger partial charge in [0.2, 0.25) is 0 Å². The van der Waals surface area contributed by atoms with Crippen molar-refractivity contribution in [2.45, 2.75) is 6.42 Å². The minimum absolute atomic E-state index is 0.234. The van der Waals surface area contributed by atoms with Crippen molar-refractivity contribution in [3.63, 3.8) is 0 Å². The van der Waals surface area contributed by atoms with Crippen molar-refractivity contribution in [3.8, 4) is 5.75 Å². The van der Waals surface area contributed by atoms with Gasteiger partial charge >= 0.3 is 5.97 Å². The number of anilines is 1. The molecule has 4 heteroatoms. The number of aliphatic carboxylic acids is 1. The van der Waals surface area contributed by atoms with E-state index in [1.54, 1.807) is 7.11 Å². The van der Waals surface area contributed by atoms with Crippen molar-refractivity contribution in [3.05, 3.63) is 24.3 Å². The molecule has 0 aliphatic carbocycles. The molecule has 0 unspecified atom stereocenters. The Balaban J connectivity index is 2.05. The Labute approximate surface area is 94.4 Å². The van der Waals surface area contributed by atoms with Crippen LogP contribution in [0.3, 0.4) is 0 Å². The molecule has 1 aromatic carbocycles. The van der Waals surface area contributed by atoms with E-state index < -0.39 is 5.97 Å². The van der Waals surface area contributed by atoms with Crippen molar-refractivity contribution in [1.29, 1.82) is 0 Å². The number of benzene rings is 1. The number of nitrogens with zero attached hydrogens (tertiary/aromatic N) is 1. The molecule has 1 fully saturated rings. The Kier molecular flexibility index (Phi) is 2.99. The summed E-state index contributed by atoms with van der Waals surface area (Å²) in [5.41, 5.74) is 1.06. The van der Waals surface area contributed by atoms with Crippen molar-refractivity contribution in [2.24, 2.45) is 5.92 Å². The predicted octanol–water partition coefficient (Wildman–Crippen LogP) is 1.61. The van der Waals surface area contributed by atoms with Crippen LogP contribution < -0.4 is 9.64 Å². The highest BCUT2D eigenvalue weighted by atomic mass is 16.5. The van der Waals surface area contributed by atoms with Gasteiger partial charge in [0.05, 0.1) is 13.0 Å². The zero-order valence-corrected chi connectivity index (χ0v) is 9.22. The zero-order chi connectivity index (χ0) is 11.5. The van der Waals surface area contributed by atoms with Gasteiger partial charge in [-0.15, -0.1) is 0 Å². The van der Waals surface area contributed by atoms with Gasteiger partial charge in [0.15, 0.2) is 0 Å². The van der Waals surface area contributed by atoms with E-state index in [1.807, 2.05) is 24.3 Å². The summed E-state index contributed by atoms with van der Waals surface area (Å²) in [5.74, 6) is -0.115. The molecule has 0 saturated carbocycles. The second kappa shape index (κ2) is 4.43. The molecular weight excluding hydrogens is 206 g/mol. The first-order valence-corrected chi connectivity index (χ1v) is 5.32. The van der Waals surface area contributed by atoms with Crippen molar-refractivity contribution >= 4 is 11.7 Å². The van der Waals surface area contributed by atoms with E-state index in [2.05, 4.69) is 4.90 Å². The minimum atomic E-state index is -0.698. The average molecular weight is 221 g/mol. The molecule has 1 aliphatic rings. The summed E-state index contributed by atoms with van der Waals surface area (Å²) in [5, 5.41) is 8.91. The number of ether oxygens (including phenoxy) is 1. The van der Waals surface area contributed by atoms with E-state index in [1.165, 1.54) is 0 Å². The predicted molar refractivity (Wildman–Crippen MR) is 60.9 cm³/mol. The number of carboxylic acid groups (broad SMARTS) is 1. The minimum Gasteiger partial charge on any atom is -0.497 e. The Morgan fingerprint density at radius 1 is 1.44 bits per heavy atom. The molecule has 1 aromatic rings. The quantitative estimate of drug-likeness (QED) is 0.842. The highest BCUT2D eigenvalue weighted by Crippen LogP contribution is 2.25. The fraction of sp³-hybridized carbons (Fsp3) is 0.417. The molecule has 1 heterocycles. The van der Waals surface area contributed by atoms with Crippen molar-refractivity contribution in [1.82, 2.24) is 0 Å². The maximum Gasteiger partial charge on any atom is 0.308 e. The highest BCUT2D eigenvalue weighted by molar-refractivity contribution is 5.72. The van der Waals surface area contributed by atoms with Crippen LogP contribution in [-0.2, 0) is 4.79 Å². The SMILES string of the molecule is COc1ccc(N2CC[C@H](C(=O)O)C2)cc1. The van der Waals surface area contributed by atoms with Crippen LogP contribution in [0.15, 0.2) is 24.3 Å². The molecule has 0 aromatic heterocycles. The van der Waals surface area contributed by atoms with Gasteiger partial charge in [0, 0.05) is 18.8 Å². The summed E-state index contributed by atoms with van der Waals surface area (Å²) in [6.45, 7) is 1.41. The maximum absolute atomic E-state index is 10.8. The lowest BCUT2D eigenvalue weighted by atomic mass is 10.1. The van der Waals surface area contributed by atoms with Gasteiger partial charge in [0.1, 0.15) is 5.75 Å². The van der Waals surface area contributed by atoms with E-state index in [4.69, 9.17) is 9.84 Å². The van der Waals surface area contributed by atoms with Crippen molar-refractivity contribution < 1.29 is 14.6 Å². The lowest BCUT2D eigenvalue weighted by Crippen LogP contribution is -2.22. The Morgan fingerprint density at radius 2 is 2.12 bits per heavy atom. The van der Waals surface area contributed by atoms with Gasteiger partial charge in [0.25, 0.3) is 0 Å². The molecule has 1 aliphatic heterocycles. The van der Waals surface area contributed by atoms with E-state index in [-0.39, 0.29) is 5.92 Å². The van der Waals surface area contributed by atoms with Gasteiger partial charge in [-0.1, -0.05) is 0 Å². The Morgan fingerprint density at radius 3 is 2.62 bits per heavy atom. The first-order valence-electron chi connectivity index (χ1n) is 5.32. The summed E-state index contributed by atoms with van der Waals surface area (Å²) in [6.07, 6.45) is 0.724. The standard InChI is InChI=1S/C12H15NO3/c1-16-11-4-2-10(3-5-11)13-7-6-9(8-13)12(14)15/h2-5,9H,6-8H2,1H3,(H,14,15)/t9-/m0/s1. The summed E-state index contributed by atoms with van der Waals surface area (Å²) >= 11 is 0. The molecule has 16 heavy (non-hydrogen) atoms. The summed E-state index contributed by atoms with van der Waals surface area (Å²) in [7, 11) is 1.63. The molecular formula is C12H15NO3. The summed E-state index contributed by atoms with van der Waals surface area (Å²) in [6, 6.07) is 7.71. The van der Waals surface area contributed by atoms with Crippen LogP contribution in [0.4, 0.5) is 5.69 Å². The lowest BCUT2D eigenvalue weighted by molar-refractivity contribution is -0.140. The van der Waals surface area contributed by atoms with E-state index in [0.29, 0.717) is 6.54 Å². The fourth-order valence-electron chi connectivity index (χ4n) is 1.99. The van der Waals surface area contributed by atoms with Crippen molar-refractivity contribution in [2.75, 3.05) is 25.1 Å². The maximum atomic E-state index is 10.8. The number of carbonyl (C=O) groups is 1. The summed E-state index contributed by atoms with van der Waals surface area (Å²) in [4.78, 5) is 12.9. The molecule has 0 bridgehead atoms. The zero-order valence-electron chi connectivity index (χ0n) is 9.22. The van der Waals surface area contributed by atoms with Crippen LogP contribution in [0.2, 0.25) is 0 Å². The highest BCUT2D eigenvalue weighted by Gasteiger charge is 2.27. The van der Waals surface area contributed by atoms with Crippen LogP contribution in [0, 0.1) is 5.92 Å². The molecule has 86 valence electrons. The smallest absolute Gasteiger partial charge is 0.308 e. The Hall–Kier alpha value is -1.71. The molecule has 0 amide bonds. The molecule has 1 saturated heterocycles. The number of hydrogen-bond donors (Lipinski definition) is 1. The normalized spacial score (nSPS) is 19.8. The van der Waals surface area contributed by atoms with Crippen LogP contribution >= 0.6 is 0 Å². The van der Waals surface area contributed by atoms with Crippen LogP contribution in [0.25, 0.3) is 0 Å². The first-order chi connectivity index (χ1) is 7.70. The lowest BCUT2D eigenvalue weighted by Gasteiger charge is -2.18. The van der Waals surface area contributed by atoms with Gasteiger partial charge in [-0.05, 0) is 30.7 Å². The Bertz CT molecular complexity index is 374. The topological polar surface area (TPSA) is 49.8 Å². The molecule has 0 spiro atoms. The van der Waals surface area contributed by atoms with Gasteiger partial charge in [-0.2, -0.15) is 0 Å². The molecule has 1 atom stereocenters. The van der Waals surface area contributed by atoms with Gasteiger partial charge in [-0.25, -0.2) is 0 Å². The fourth-order valence-corrected chi connectivity index (χ4v) is 1.99.